The van der Waals surface area contributed by atoms with E-state index in [0.29, 0.717) is 12.0 Å². The van der Waals surface area contributed by atoms with Gasteiger partial charge in [-0.25, -0.2) is 0 Å². The highest BCUT2D eigenvalue weighted by molar-refractivity contribution is 5.84. The Bertz CT molecular complexity index is 838. The number of allylic oxidation sites excluding steroid dienone is 2. The van der Waals surface area contributed by atoms with Crippen LogP contribution < -0.4 is 5.32 Å². The molecule has 1 spiro atoms. The van der Waals surface area contributed by atoms with E-state index in [0.717, 1.165) is 24.8 Å². The molecule has 26 heavy (non-hydrogen) atoms. The molecular formula is C23H29N2O+. The lowest BCUT2D eigenvalue weighted by atomic mass is 9.61. The van der Waals surface area contributed by atoms with Gasteiger partial charge in [0.05, 0.1) is 18.5 Å². The van der Waals surface area contributed by atoms with Crippen molar-refractivity contribution in [3.63, 3.8) is 0 Å². The van der Waals surface area contributed by atoms with Crippen molar-refractivity contribution in [3.05, 3.63) is 52.7 Å². The maximum atomic E-state index is 12.2. The van der Waals surface area contributed by atoms with Crippen LogP contribution in [0, 0.1) is 5.92 Å². The van der Waals surface area contributed by atoms with Gasteiger partial charge in [0.25, 0.3) is 0 Å². The largest absolute Gasteiger partial charge is 0.357 e. The molecule has 4 aliphatic rings. The predicted molar refractivity (Wildman–Crippen MR) is 105 cm³/mol. The number of fused-ring (bicyclic) bond motifs is 2. The highest BCUT2D eigenvalue weighted by atomic mass is 16.1. The van der Waals surface area contributed by atoms with Crippen LogP contribution in [0.2, 0.25) is 0 Å². The number of aldehydes is 1. The van der Waals surface area contributed by atoms with Crippen LogP contribution >= 0.6 is 0 Å². The standard InChI is InChI=1S/C23H28N2O/c1-3-5-11-25-12-10-23-19-8-6-7-9-20(19)24-22(23)18(15-26)17(13-21(23)25)16(4-2)14-25/h4,6-9,15,17,21H,3,5,10-14H2,1-2H3/p+1/b16-4-/t17-,21-,23?,25?/m0/s1. The van der Waals surface area contributed by atoms with Crippen molar-refractivity contribution in [1.29, 1.82) is 0 Å². The number of quaternary nitrogens is 1. The number of hydrogen-bond donors (Lipinski definition) is 1. The highest BCUT2D eigenvalue weighted by Gasteiger charge is 2.68. The van der Waals surface area contributed by atoms with Gasteiger partial charge in [-0.05, 0) is 30.5 Å². The summed E-state index contributed by atoms with van der Waals surface area (Å²) in [5.74, 6) is 0.318. The lowest BCUT2D eigenvalue weighted by Gasteiger charge is -2.53. The minimum absolute atomic E-state index is 0.0380. The molecule has 1 N–H and O–H groups in total. The van der Waals surface area contributed by atoms with Crippen molar-refractivity contribution in [2.75, 3.05) is 25.0 Å². The second-order valence-electron chi connectivity index (χ2n) is 8.69. The normalized spacial score (nSPS) is 38.2. The Labute approximate surface area is 156 Å². The Morgan fingerprint density at radius 1 is 1.35 bits per heavy atom. The van der Waals surface area contributed by atoms with Crippen LogP contribution in [0.4, 0.5) is 5.69 Å². The Kier molecular flexibility index (Phi) is 3.49. The molecule has 136 valence electrons. The van der Waals surface area contributed by atoms with Crippen molar-refractivity contribution in [3.8, 4) is 0 Å². The van der Waals surface area contributed by atoms with Crippen molar-refractivity contribution in [2.24, 2.45) is 5.92 Å². The number of anilines is 1. The van der Waals surface area contributed by atoms with E-state index in [9.17, 15) is 4.79 Å². The van der Waals surface area contributed by atoms with Gasteiger partial charge in [-0.15, -0.1) is 0 Å². The maximum Gasteiger partial charge on any atom is 0.148 e. The molecule has 0 saturated carbocycles. The Balaban J connectivity index is 1.76. The molecule has 3 heterocycles. The number of piperidine rings is 1. The number of rotatable bonds is 4. The summed E-state index contributed by atoms with van der Waals surface area (Å²) in [5, 5.41) is 3.71. The molecular weight excluding hydrogens is 320 g/mol. The van der Waals surface area contributed by atoms with Crippen LogP contribution in [-0.4, -0.2) is 36.4 Å². The van der Waals surface area contributed by atoms with Crippen LogP contribution in [0.3, 0.4) is 0 Å². The highest BCUT2D eigenvalue weighted by Crippen LogP contribution is 2.63. The molecule has 1 aromatic carbocycles. The number of hydrogen-bond acceptors (Lipinski definition) is 2. The molecule has 4 atom stereocenters. The van der Waals surface area contributed by atoms with Gasteiger partial charge in [-0.2, -0.15) is 0 Å². The van der Waals surface area contributed by atoms with Gasteiger partial charge >= 0.3 is 0 Å². The smallest absolute Gasteiger partial charge is 0.148 e. The number of benzene rings is 1. The molecule has 0 aromatic heterocycles. The van der Waals surface area contributed by atoms with E-state index >= 15 is 0 Å². The third-order valence-corrected chi connectivity index (χ3v) is 7.82. The van der Waals surface area contributed by atoms with E-state index in [2.05, 4.69) is 49.5 Å². The molecule has 3 heteroatoms. The van der Waals surface area contributed by atoms with Crippen molar-refractivity contribution in [1.82, 2.24) is 0 Å². The van der Waals surface area contributed by atoms with Gasteiger partial charge < -0.3 is 9.80 Å². The number of unbranched alkanes of at least 4 members (excludes halogenated alkanes) is 1. The summed E-state index contributed by atoms with van der Waals surface area (Å²) < 4.78 is 1.23. The lowest BCUT2D eigenvalue weighted by Crippen LogP contribution is -2.63. The molecule has 1 aliphatic carbocycles. The first-order chi connectivity index (χ1) is 12.7. The number of para-hydroxylation sites is 1. The zero-order valence-corrected chi connectivity index (χ0v) is 15.9. The van der Waals surface area contributed by atoms with E-state index in [4.69, 9.17) is 0 Å². The molecule has 2 bridgehead atoms. The fourth-order valence-corrected chi connectivity index (χ4v) is 6.70. The fourth-order valence-electron chi connectivity index (χ4n) is 6.70. The average molecular weight is 349 g/mol. The van der Waals surface area contributed by atoms with Crippen LogP contribution in [0.5, 0.6) is 0 Å². The summed E-state index contributed by atoms with van der Waals surface area (Å²) >= 11 is 0. The number of nitrogens with one attached hydrogen (secondary N) is 1. The molecule has 2 fully saturated rings. The molecule has 5 rings (SSSR count). The average Bonchev–Trinajstić information content (AvgIpc) is 3.20. The Hall–Kier alpha value is -1.87. The third kappa shape index (κ3) is 1.80. The third-order valence-electron chi connectivity index (χ3n) is 7.82. The van der Waals surface area contributed by atoms with Gasteiger partial charge in [-0.3, -0.25) is 4.79 Å². The summed E-state index contributed by atoms with van der Waals surface area (Å²) in [7, 11) is 0. The molecule has 0 radical (unpaired) electrons. The summed E-state index contributed by atoms with van der Waals surface area (Å²) in [4.78, 5) is 12.2. The SMILES string of the molecule is C/C=C1/C[N+]2(CCCC)CCC34C(=C(C=O)[C@H]1C[C@@H]32)Nc1ccccc14. The molecule has 2 saturated heterocycles. The first kappa shape index (κ1) is 16.3. The minimum atomic E-state index is 0.0380. The van der Waals surface area contributed by atoms with Gasteiger partial charge in [-0.1, -0.05) is 37.6 Å². The molecule has 2 unspecified atom stereocenters. The van der Waals surface area contributed by atoms with Crippen LogP contribution in [0.25, 0.3) is 0 Å². The van der Waals surface area contributed by atoms with Crippen LogP contribution in [-0.2, 0) is 10.2 Å². The van der Waals surface area contributed by atoms with Crippen molar-refractivity contribution >= 4 is 12.0 Å². The van der Waals surface area contributed by atoms with Gasteiger partial charge in [0.15, 0.2) is 0 Å². The summed E-state index contributed by atoms with van der Waals surface area (Å²) in [6, 6.07) is 9.39. The van der Waals surface area contributed by atoms with Crippen LogP contribution in [0.15, 0.2) is 47.2 Å². The fraction of sp³-hybridized carbons (Fsp3) is 0.522. The Morgan fingerprint density at radius 3 is 2.96 bits per heavy atom. The van der Waals surface area contributed by atoms with E-state index in [1.54, 1.807) is 0 Å². The first-order valence-corrected chi connectivity index (χ1v) is 10.3. The van der Waals surface area contributed by atoms with E-state index in [1.807, 2.05) is 0 Å². The van der Waals surface area contributed by atoms with Crippen molar-refractivity contribution in [2.45, 2.75) is 51.0 Å². The number of carbonyl (C=O) groups is 1. The molecule has 3 nitrogen and oxygen atoms in total. The summed E-state index contributed by atoms with van der Waals surface area (Å²) in [6.45, 7) is 8.12. The van der Waals surface area contributed by atoms with Gasteiger partial charge in [0, 0.05) is 35.7 Å². The molecule has 3 aliphatic heterocycles. The first-order valence-electron chi connectivity index (χ1n) is 10.3. The van der Waals surface area contributed by atoms with Gasteiger partial charge in [0.1, 0.15) is 18.9 Å². The lowest BCUT2D eigenvalue weighted by molar-refractivity contribution is -0.941. The Morgan fingerprint density at radius 2 is 2.19 bits per heavy atom. The predicted octanol–water partition coefficient (Wildman–Crippen LogP) is 4.17. The minimum Gasteiger partial charge on any atom is -0.357 e. The van der Waals surface area contributed by atoms with E-state index < -0.39 is 0 Å². The number of carbonyl (C=O) groups excluding carboxylic acids is 1. The molecule has 0 amide bonds. The summed E-state index contributed by atoms with van der Waals surface area (Å²) in [5.41, 5.74) is 6.47. The monoisotopic (exact) mass is 349 g/mol. The maximum absolute atomic E-state index is 12.2. The zero-order chi connectivity index (χ0) is 17.9. The topological polar surface area (TPSA) is 29.1 Å². The van der Waals surface area contributed by atoms with E-state index in [-0.39, 0.29) is 5.41 Å². The summed E-state index contributed by atoms with van der Waals surface area (Å²) in [6.07, 6.45) is 8.31. The van der Waals surface area contributed by atoms with Gasteiger partial charge in [0.2, 0.25) is 0 Å². The number of nitrogens with zero attached hydrogens (tertiary/aromatic N) is 1. The molecule has 1 aromatic rings. The zero-order valence-electron chi connectivity index (χ0n) is 15.9. The van der Waals surface area contributed by atoms with E-state index in [1.165, 1.54) is 59.4 Å². The van der Waals surface area contributed by atoms with Crippen molar-refractivity contribution < 1.29 is 9.28 Å². The second-order valence-corrected chi connectivity index (χ2v) is 8.69. The van der Waals surface area contributed by atoms with Crippen LogP contribution in [0.1, 0.15) is 45.1 Å². The quantitative estimate of drug-likeness (QED) is 0.502. The second kappa shape index (κ2) is 5.56.